The third-order valence-corrected chi connectivity index (χ3v) is 6.01. The van der Waals surface area contributed by atoms with Gasteiger partial charge in [0.15, 0.2) is 0 Å². The molecule has 1 amide bonds. The minimum Gasteiger partial charge on any atom is -0.497 e. The quantitative estimate of drug-likeness (QED) is 0.565. The Hall–Kier alpha value is -3.19. The molecule has 7 nitrogen and oxygen atoms in total. The summed E-state index contributed by atoms with van der Waals surface area (Å²) in [7, 11) is 1.64. The molecule has 1 aliphatic heterocycles. The van der Waals surface area contributed by atoms with Gasteiger partial charge in [-0.2, -0.15) is 4.98 Å². The summed E-state index contributed by atoms with van der Waals surface area (Å²) >= 11 is 0. The zero-order valence-electron chi connectivity index (χ0n) is 19.0. The second-order valence-electron chi connectivity index (χ2n) is 8.33. The van der Waals surface area contributed by atoms with Gasteiger partial charge in [0, 0.05) is 38.2 Å². The number of methoxy groups -OCH3 is 1. The number of carbonyl (C=O) groups is 1. The van der Waals surface area contributed by atoms with Crippen LogP contribution in [0, 0.1) is 13.8 Å². The smallest absolute Gasteiger partial charge is 0.241 e. The van der Waals surface area contributed by atoms with Gasteiger partial charge in [-0.1, -0.05) is 28.9 Å². The molecule has 0 unspecified atom stereocenters. The van der Waals surface area contributed by atoms with E-state index in [2.05, 4.69) is 47.1 Å². The van der Waals surface area contributed by atoms with E-state index in [1.165, 1.54) is 16.7 Å². The van der Waals surface area contributed by atoms with Crippen LogP contribution in [0.4, 0.5) is 0 Å². The van der Waals surface area contributed by atoms with Crippen molar-refractivity contribution in [2.45, 2.75) is 33.2 Å². The highest BCUT2D eigenvalue weighted by atomic mass is 16.5. The molecule has 0 spiro atoms. The Labute approximate surface area is 189 Å². The Morgan fingerprint density at radius 3 is 2.50 bits per heavy atom. The van der Waals surface area contributed by atoms with Crippen LogP contribution in [0.2, 0.25) is 0 Å². The summed E-state index contributed by atoms with van der Waals surface area (Å²) in [6, 6.07) is 14.0. The molecule has 32 heavy (non-hydrogen) atoms. The van der Waals surface area contributed by atoms with E-state index < -0.39 is 0 Å². The van der Waals surface area contributed by atoms with E-state index in [-0.39, 0.29) is 5.91 Å². The van der Waals surface area contributed by atoms with E-state index >= 15 is 0 Å². The van der Waals surface area contributed by atoms with Gasteiger partial charge in [0.2, 0.25) is 17.6 Å². The lowest BCUT2D eigenvalue weighted by atomic mass is 10.0. The summed E-state index contributed by atoms with van der Waals surface area (Å²) in [6.45, 7) is 7.86. The molecule has 1 saturated heterocycles. The van der Waals surface area contributed by atoms with Crippen molar-refractivity contribution in [3.05, 3.63) is 65.0 Å². The number of hydrogen-bond donors (Lipinski definition) is 0. The molecular weight excluding hydrogens is 404 g/mol. The molecule has 7 heteroatoms. The highest BCUT2D eigenvalue weighted by molar-refractivity contribution is 5.76. The van der Waals surface area contributed by atoms with Crippen LogP contribution in [0.5, 0.6) is 5.75 Å². The van der Waals surface area contributed by atoms with E-state index in [4.69, 9.17) is 9.26 Å². The van der Waals surface area contributed by atoms with Crippen molar-refractivity contribution in [2.75, 3.05) is 33.3 Å². The average molecular weight is 435 g/mol. The first kappa shape index (κ1) is 22.0. The molecule has 4 rings (SSSR count). The topological polar surface area (TPSA) is 71.7 Å². The summed E-state index contributed by atoms with van der Waals surface area (Å²) in [5.41, 5.74) is 4.66. The maximum absolute atomic E-state index is 12.7. The maximum Gasteiger partial charge on any atom is 0.241 e. The number of aromatic nitrogens is 2. The third kappa shape index (κ3) is 5.34. The lowest BCUT2D eigenvalue weighted by molar-refractivity contribution is -0.133. The first-order valence-corrected chi connectivity index (χ1v) is 11.0. The second kappa shape index (κ2) is 9.96. The number of benzene rings is 2. The number of nitrogens with zero attached hydrogens (tertiary/aromatic N) is 4. The highest BCUT2D eigenvalue weighted by Crippen LogP contribution is 2.20. The molecule has 0 radical (unpaired) electrons. The van der Waals surface area contributed by atoms with Crippen molar-refractivity contribution in [3.63, 3.8) is 0 Å². The number of hydrogen-bond acceptors (Lipinski definition) is 6. The van der Waals surface area contributed by atoms with Crippen LogP contribution in [0.3, 0.4) is 0 Å². The Bertz CT molecular complexity index is 1050. The van der Waals surface area contributed by atoms with Gasteiger partial charge >= 0.3 is 0 Å². The molecule has 0 atom stereocenters. The van der Waals surface area contributed by atoms with Gasteiger partial charge < -0.3 is 14.2 Å². The summed E-state index contributed by atoms with van der Waals surface area (Å²) in [6.07, 6.45) is 1.35. The SMILES string of the molecule is COc1ccc(-c2noc(CN3CCN(C(=O)CCc4ccc(C)cc4C)CC3)n2)cc1. The number of piperazine rings is 1. The lowest BCUT2D eigenvalue weighted by Crippen LogP contribution is -2.48. The van der Waals surface area contributed by atoms with Gasteiger partial charge in [-0.3, -0.25) is 9.69 Å². The molecule has 1 aliphatic rings. The predicted molar refractivity (Wildman–Crippen MR) is 122 cm³/mol. The van der Waals surface area contributed by atoms with Gasteiger partial charge in [0.05, 0.1) is 13.7 Å². The summed E-state index contributed by atoms with van der Waals surface area (Å²) in [5.74, 6) is 2.18. The minimum atomic E-state index is 0.226. The zero-order chi connectivity index (χ0) is 22.5. The van der Waals surface area contributed by atoms with E-state index in [0.717, 1.165) is 43.9 Å². The number of ether oxygens (including phenoxy) is 1. The van der Waals surface area contributed by atoms with Crippen LogP contribution in [-0.2, 0) is 17.8 Å². The van der Waals surface area contributed by atoms with E-state index in [1.807, 2.05) is 29.2 Å². The average Bonchev–Trinajstić information content (AvgIpc) is 3.27. The summed E-state index contributed by atoms with van der Waals surface area (Å²) in [5, 5.41) is 4.10. The predicted octanol–water partition coefficient (Wildman–Crippen LogP) is 3.64. The van der Waals surface area contributed by atoms with Crippen molar-refractivity contribution in [1.82, 2.24) is 19.9 Å². The molecule has 2 heterocycles. The van der Waals surface area contributed by atoms with E-state index in [0.29, 0.717) is 24.7 Å². The monoisotopic (exact) mass is 434 g/mol. The first-order chi connectivity index (χ1) is 15.5. The highest BCUT2D eigenvalue weighted by Gasteiger charge is 2.22. The van der Waals surface area contributed by atoms with Crippen molar-refractivity contribution >= 4 is 5.91 Å². The van der Waals surface area contributed by atoms with Crippen LogP contribution in [-0.4, -0.2) is 59.1 Å². The van der Waals surface area contributed by atoms with Crippen molar-refractivity contribution in [1.29, 1.82) is 0 Å². The number of rotatable bonds is 7. The normalized spacial score (nSPS) is 14.5. The van der Waals surface area contributed by atoms with Crippen LogP contribution in [0.25, 0.3) is 11.4 Å². The number of amides is 1. The minimum absolute atomic E-state index is 0.226. The fourth-order valence-corrected chi connectivity index (χ4v) is 4.05. The largest absolute Gasteiger partial charge is 0.497 e. The van der Waals surface area contributed by atoms with Crippen molar-refractivity contribution in [2.24, 2.45) is 0 Å². The Morgan fingerprint density at radius 1 is 1.06 bits per heavy atom. The molecule has 3 aromatic rings. The molecule has 1 aromatic heterocycles. The molecular formula is C25H30N4O3. The molecule has 0 saturated carbocycles. The summed E-state index contributed by atoms with van der Waals surface area (Å²) in [4.78, 5) is 21.4. The fourth-order valence-electron chi connectivity index (χ4n) is 4.05. The van der Waals surface area contributed by atoms with Crippen molar-refractivity contribution in [3.8, 4) is 17.1 Å². The van der Waals surface area contributed by atoms with Gasteiger partial charge in [0.25, 0.3) is 0 Å². The fraction of sp³-hybridized carbons (Fsp3) is 0.400. The summed E-state index contributed by atoms with van der Waals surface area (Å²) < 4.78 is 10.6. The standard InChI is InChI=1S/C25H30N4O3/c1-18-4-5-20(19(2)16-18)8-11-24(30)29-14-12-28(13-15-29)17-23-26-25(27-32-23)21-6-9-22(31-3)10-7-21/h4-7,9-10,16H,8,11-15,17H2,1-3H3. The van der Waals surface area contributed by atoms with Crippen LogP contribution in [0.15, 0.2) is 47.0 Å². The lowest BCUT2D eigenvalue weighted by Gasteiger charge is -2.34. The van der Waals surface area contributed by atoms with Gasteiger partial charge in [-0.15, -0.1) is 0 Å². The Kier molecular flexibility index (Phi) is 6.85. The molecule has 0 N–H and O–H groups in total. The number of aryl methyl sites for hydroxylation is 3. The van der Waals surface area contributed by atoms with Crippen LogP contribution < -0.4 is 4.74 Å². The van der Waals surface area contributed by atoms with E-state index in [1.54, 1.807) is 7.11 Å². The third-order valence-electron chi connectivity index (χ3n) is 6.01. The first-order valence-electron chi connectivity index (χ1n) is 11.0. The van der Waals surface area contributed by atoms with Crippen LogP contribution >= 0.6 is 0 Å². The molecule has 2 aromatic carbocycles. The molecule has 168 valence electrons. The molecule has 0 bridgehead atoms. The van der Waals surface area contributed by atoms with E-state index in [9.17, 15) is 4.79 Å². The van der Waals surface area contributed by atoms with Gasteiger partial charge in [-0.05, 0) is 55.7 Å². The van der Waals surface area contributed by atoms with Crippen LogP contribution in [0.1, 0.15) is 29.0 Å². The number of carbonyl (C=O) groups excluding carboxylic acids is 1. The molecule has 0 aliphatic carbocycles. The maximum atomic E-state index is 12.7. The second-order valence-corrected chi connectivity index (χ2v) is 8.33. The zero-order valence-corrected chi connectivity index (χ0v) is 19.0. The molecule has 1 fully saturated rings. The van der Waals surface area contributed by atoms with Gasteiger partial charge in [-0.25, -0.2) is 0 Å². The van der Waals surface area contributed by atoms with Gasteiger partial charge in [0.1, 0.15) is 5.75 Å². The Morgan fingerprint density at radius 2 is 1.81 bits per heavy atom. The van der Waals surface area contributed by atoms with Crippen molar-refractivity contribution < 1.29 is 14.1 Å². The Balaban J connectivity index is 1.25.